The van der Waals surface area contributed by atoms with Gasteiger partial charge in [-0.25, -0.2) is 0 Å². The molecule has 2 heterocycles. The van der Waals surface area contributed by atoms with Crippen molar-refractivity contribution < 1.29 is 0 Å². The van der Waals surface area contributed by atoms with Crippen LogP contribution in [-0.2, 0) is 0 Å². The van der Waals surface area contributed by atoms with E-state index in [0.29, 0.717) is 5.56 Å². The third-order valence-electron chi connectivity index (χ3n) is 7.94. The zero-order chi connectivity index (χ0) is 26.6. The number of hydrogen-bond acceptors (Lipinski definition) is 1. The first-order valence-electron chi connectivity index (χ1n) is 13.4. The zero-order valence-corrected chi connectivity index (χ0v) is 21.6. The lowest BCUT2D eigenvalue weighted by atomic mass is 9.99. The van der Waals surface area contributed by atoms with E-state index >= 15 is 0 Å². The van der Waals surface area contributed by atoms with E-state index in [2.05, 4.69) is 130 Å². The molecule has 0 unspecified atom stereocenters. The van der Waals surface area contributed by atoms with Crippen LogP contribution in [0.4, 0.5) is 0 Å². The number of para-hydroxylation sites is 4. The number of hydrogen-bond donors (Lipinski definition) is 0. The van der Waals surface area contributed by atoms with Gasteiger partial charge in [-0.15, -0.1) is 0 Å². The highest BCUT2D eigenvalue weighted by Crippen LogP contribution is 2.38. The van der Waals surface area contributed by atoms with Crippen molar-refractivity contribution in [3.63, 3.8) is 0 Å². The summed E-state index contributed by atoms with van der Waals surface area (Å²) >= 11 is 0. The molecule has 0 N–H and O–H groups in total. The molecule has 0 aliphatic rings. The maximum absolute atomic E-state index is 9.99. The molecule has 0 aliphatic heterocycles. The fourth-order valence-corrected chi connectivity index (χ4v) is 6.24. The van der Waals surface area contributed by atoms with Crippen molar-refractivity contribution in [1.29, 1.82) is 5.26 Å². The highest BCUT2D eigenvalue weighted by atomic mass is 15.0. The quantitative estimate of drug-likeness (QED) is 0.233. The third-order valence-corrected chi connectivity index (χ3v) is 7.94. The van der Waals surface area contributed by atoms with Gasteiger partial charge in [-0.2, -0.15) is 5.26 Å². The van der Waals surface area contributed by atoms with Crippen molar-refractivity contribution in [2.75, 3.05) is 0 Å². The summed E-state index contributed by atoms with van der Waals surface area (Å²) in [6.45, 7) is 0. The Morgan fingerprint density at radius 1 is 0.425 bits per heavy atom. The fourth-order valence-electron chi connectivity index (χ4n) is 6.24. The lowest BCUT2D eigenvalue weighted by Crippen LogP contribution is -2.00. The normalized spacial score (nSPS) is 11.5. The van der Waals surface area contributed by atoms with Crippen LogP contribution in [0.25, 0.3) is 66.1 Å². The second kappa shape index (κ2) is 8.73. The van der Waals surface area contributed by atoms with Gasteiger partial charge in [-0.1, -0.05) is 91.0 Å². The van der Waals surface area contributed by atoms with Crippen molar-refractivity contribution in [1.82, 2.24) is 9.13 Å². The smallest absolute Gasteiger partial charge is 0.0998 e. The highest BCUT2D eigenvalue weighted by Gasteiger charge is 2.17. The molecule has 0 aliphatic carbocycles. The van der Waals surface area contributed by atoms with Gasteiger partial charge in [0.15, 0.2) is 0 Å². The van der Waals surface area contributed by atoms with E-state index < -0.39 is 0 Å². The predicted molar refractivity (Wildman–Crippen MR) is 165 cm³/mol. The van der Waals surface area contributed by atoms with Crippen LogP contribution >= 0.6 is 0 Å². The summed E-state index contributed by atoms with van der Waals surface area (Å²) in [4.78, 5) is 0. The van der Waals surface area contributed by atoms with Crippen LogP contribution in [-0.4, -0.2) is 9.13 Å². The Morgan fingerprint density at radius 3 is 1.23 bits per heavy atom. The van der Waals surface area contributed by atoms with Gasteiger partial charge >= 0.3 is 0 Å². The first-order chi connectivity index (χ1) is 19.8. The Hall–Kier alpha value is -5.59. The second-order valence-corrected chi connectivity index (χ2v) is 10.1. The first kappa shape index (κ1) is 22.4. The minimum Gasteiger partial charge on any atom is -0.309 e. The molecule has 8 aromatic rings. The Bertz CT molecular complexity index is 2050. The van der Waals surface area contributed by atoms with Gasteiger partial charge in [0.2, 0.25) is 0 Å². The molecule has 186 valence electrons. The molecule has 6 aromatic carbocycles. The van der Waals surface area contributed by atoms with Crippen LogP contribution in [0.2, 0.25) is 0 Å². The van der Waals surface area contributed by atoms with Gasteiger partial charge < -0.3 is 9.13 Å². The summed E-state index contributed by atoms with van der Waals surface area (Å²) < 4.78 is 4.70. The van der Waals surface area contributed by atoms with E-state index in [0.717, 1.165) is 44.6 Å². The second-order valence-electron chi connectivity index (χ2n) is 10.1. The van der Waals surface area contributed by atoms with E-state index in [9.17, 15) is 5.26 Å². The number of benzene rings is 6. The van der Waals surface area contributed by atoms with Crippen molar-refractivity contribution in [3.05, 3.63) is 145 Å². The fraction of sp³-hybridized carbons (Fsp3) is 0. The van der Waals surface area contributed by atoms with Crippen molar-refractivity contribution in [2.24, 2.45) is 0 Å². The third kappa shape index (κ3) is 3.24. The maximum atomic E-state index is 9.99. The van der Waals surface area contributed by atoms with E-state index in [1.807, 2.05) is 24.3 Å². The van der Waals surface area contributed by atoms with E-state index in [4.69, 9.17) is 0 Å². The number of aromatic nitrogens is 2. The molecule has 40 heavy (non-hydrogen) atoms. The number of rotatable bonds is 3. The largest absolute Gasteiger partial charge is 0.309 e. The topological polar surface area (TPSA) is 33.6 Å². The Morgan fingerprint density at radius 2 is 0.800 bits per heavy atom. The maximum Gasteiger partial charge on any atom is 0.0998 e. The van der Waals surface area contributed by atoms with Gasteiger partial charge in [0.25, 0.3) is 0 Å². The zero-order valence-electron chi connectivity index (χ0n) is 21.6. The van der Waals surface area contributed by atoms with Crippen molar-refractivity contribution in [3.8, 4) is 28.6 Å². The molecular formula is C37H23N3. The minimum absolute atomic E-state index is 0.662. The molecule has 0 saturated carbocycles. The van der Waals surface area contributed by atoms with Gasteiger partial charge in [-0.3, -0.25) is 0 Å². The summed E-state index contributed by atoms with van der Waals surface area (Å²) in [6, 6.07) is 51.3. The molecule has 0 bridgehead atoms. The molecule has 0 atom stereocenters. The van der Waals surface area contributed by atoms with Gasteiger partial charge in [0.1, 0.15) is 0 Å². The summed E-state index contributed by atoms with van der Waals surface area (Å²) in [5, 5.41) is 14.9. The lowest BCUT2D eigenvalue weighted by Gasteiger charge is -2.16. The molecule has 0 radical (unpaired) electrons. The molecule has 0 saturated heterocycles. The molecule has 8 rings (SSSR count). The van der Waals surface area contributed by atoms with Crippen molar-refractivity contribution in [2.45, 2.75) is 0 Å². The molecular weight excluding hydrogens is 486 g/mol. The van der Waals surface area contributed by atoms with Gasteiger partial charge in [0, 0.05) is 32.9 Å². The first-order valence-corrected chi connectivity index (χ1v) is 13.4. The summed E-state index contributed by atoms with van der Waals surface area (Å²) in [5.41, 5.74) is 9.33. The highest BCUT2D eigenvalue weighted by molar-refractivity contribution is 6.10. The Labute approximate surface area is 231 Å². The lowest BCUT2D eigenvalue weighted by molar-refractivity contribution is 1.13. The average molecular weight is 510 g/mol. The summed E-state index contributed by atoms with van der Waals surface area (Å²) in [5.74, 6) is 0. The van der Waals surface area contributed by atoms with Crippen LogP contribution < -0.4 is 0 Å². The number of nitriles is 1. The van der Waals surface area contributed by atoms with Crippen LogP contribution in [0.5, 0.6) is 0 Å². The number of fused-ring (bicyclic) bond motifs is 6. The van der Waals surface area contributed by atoms with E-state index in [-0.39, 0.29) is 0 Å². The average Bonchev–Trinajstić information content (AvgIpc) is 3.54. The SMILES string of the molecule is N#Cc1ccccc1-c1cc(-n2c3ccccc3c3ccccc32)cc(-n2c3ccccc3c3ccccc32)c1. The molecule has 0 fully saturated rings. The Kier molecular flexibility index (Phi) is 4.89. The Balaban J connectivity index is 1.52. The molecule has 0 amide bonds. The standard InChI is InChI=1S/C37H23N3/c38-24-25-11-1-2-12-29(25)26-21-27(39-34-17-7-3-13-30(34)31-14-4-8-18-35(31)39)23-28(22-26)40-36-19-9-5-15-32(36)33-16-6-10-20-37(33)40/h1-23H. The predicted octanol–water partition coefficient (Wildman–Crippen LogP) is 9.42. The van der Waals surface area contributed by atoms with Gasteiger partial charge in [-0.05, 0) is 59.7 Å². The van der Waals surface area contributed by atoms with Crippen molar-refractivity contribution >= 4 is 43.6 Å². The molecule has 3 nitrogen and oxygen atoms in total. The minimum atomic E-state index is 0.662. The van der Waals surface area contributed by atoms with Crippen LogP contribution in [0.3, 0.4) is 0 Å². The van der Waals surface area contributed by atoms with E-state index in [1.54, 1.807) is 0 Å². The monoisotopic (exact) mass is 509 g/mol. The van der Waals surface area contributed by atoms with Crippen LogP contribution in [0.15, 0.2) is 140 Å². The summed E-state index contributed by atoms with van der Waals surface area (Å²) in [6.07, 6.45) is 0. The molecule has 3 heteroatoms. The molecule has 0 spiro atoms. The van der Waals surface area contributed by atoms with Crippen LogP contribution in [0.1, 0.15) is 5.56 Å². The van der Waals surface area contributed by atoms with Gasteiger partial charge in [0.05, 0.1) is 33.7 Å². The molecule has 2 aromatic heterocycles. The van der Waals surface area contributed by atoms with Crippen LogP contribution in [0, 0.1) is 11.3 Å². The summed E-state index contributed by atoms with van der Waals surface area (Å²) in [7, 11) is 0. The van der Waals surface area contributed by atoms with E-state index in [1.165, 1.54) is 21.5 Å². The number of nitrogens with zero attached hydrogens (tertiary/aromatic N) is 3.